The summed E-state index contributed by atoms with van der Waals surface area (Å²) in [5.41, 5.74) is 3.34. The first-order valence-electron chi connectivity index (χ1n) is 8.38. The second-order valence-electron chi connectivity index (χ2n) is 5.79. The van der Waals surface area contributed by atoms with E-state index in [1.807, 2.05) is 54.6 Å². The van der Waals surface area contributed by atoms with E-state index in [9.17, 15) is 4.79 Å². The minimum atomic E-state index is -0.233. The van der Waals surface area contributed by atoms with Crippen LogP contribution >= 0.6 is 0 Å². The van der Waals surface area contributed by atoms with Gasteiger partial charge in [0.25, 0.3) is 5.91 Å². The van der Waals surface area contributed by atoms with Gasteiger partial charge in [0.15, 0.2) is 0 Å². The molecule has 4 rings (SSSR count). The number of nitrogens with one attached hydrogen (secondary N) is 1. The zero-order chi connectivity index (χ0) is 17.8. The second-order valence-corrected chi connectivity index (χ2v) is 5.79. The molecule has 0 aliphatic heterocycles. The summed E-state index contributed by atoms with van der Waals surface area (Å²) in [6.45, 7) is 1.08. The maximum atomic E-state index is 12.2. The summed E-state index contributed by atoms with van der Waals surface area (Å²) < 4.78 is 2.13. The maximum absolute atomic E-state index is 12.2. The van der Waals surface area contributed by atoms with Crippen LogP contribution in [0.5, 0.6) is 0 Å². The Balaban J connectivity index is 1.58. The number of fused-ring (bicyclic) bond motifs is 1. The van der Waals surface area contributed by atoms with Crippen LogP contribution < -0.4 is 5.32 Å². The summed E-state index contributed by atoms with van der Waals surface area (Å²) >= 11 is 0. The molecule has 128 valence electrons. The van der Waals surface area contributed by atoms with Crippen molar-refractivity contribution in [3.63, 3.8) is 0 Å². The topological polar surface area (TPSA) is 72.7 Å². The van der Waals surface area contributed by atoms with E-state index in [1.165, 1.54) is 12.4 Å². The quantitative estimate of drug-likeness (QED) is 0.605. The molecule has 1 N–H and O–H groups in total. The number of carbonyl (C=O) groups is 1. The summed E-state index contributed by atoms with van der Waals surface area (Å²) in [6.07, 6.45) is 4.50. The third-order valence-electron chi connectivity index (χ3n) is 4.10. The van der Waals surface area contributed by atoms with Crippen molar-refractivity contribution in [2.24, 2.45) is 0 Å². The molecule has 2 aromatic carbocycles. The fraction of sp³-hybridized carbons (Fsp3) is 0.100. The van der Waals surface area contributed by atoms with Crippen molar-refractivity contribution in [3.8, 4) is 11.4 Å². The fourth-order valence-corrected chi connectivity index (χ4v) is 2.90. The number of aromatic nitrogens is 4. The number of imidazole rings is 1. The zero-order valence-electron chi connectivity index (χ0n) is 14.0. The molecular weight excluding hydrogens is 326 g/mol. The van der Waals surface area contributed by atoms with Crippen LogP contribution in [0.4, 0.5) is 0 Å². The van der Waals surface area contributed by atoms with Gasteiger partial charge in [-0.2, -0.15) is 0 Å². The number of rotatable bonds is 5. The molecule has 2 heterocycles. The minimum absolute atomic E-state index is 0.233. The number of benzene rings is 2. The first-order valence-corrected chi connectivity index (χ1v) is 8.38. The average molecular weight is 343 g/mol. The van der Waals surface area contributed by atoms with E-state index in [1.54, 1.807) is 6.20 Å². The van der Waals surface area contributed by atoms with E-state index in [0.29, 0.717) is 18.8 Å². The lowest BCUT2D eigenvalue weighted by molar-refractivity contribution is 0.0947. The lowest BCUT2D eigenvalue weighted by Crippen LogP contribution is -2.28. The van der Waals surface area contributed by atoms with Crippen molar-refractivity contribution in [1.29, 1.82) is 0 Å². The van der Waals surface area contributed by atoms with E-state index in [4.69, 9.17) is 4.98 Å². The van der Waals surface area contributed by atoms with Crippen molar-refractivity contribution >= 4 is 16.9 Å². The van der Waals surface area contributed by atoms with Gasteiger partial charge in [0.2, 0.25) is 0 Å². The first kappa shape index (κ1) is 16.0. The van der Waals surface area contributed by atoms with E-state index in [0.717, 1.165) is 22.4 Å². The molecule has 4 aromatic rings. The van der Waals surface area contributed by atoms with Gasteiger partial charge in [0.05, 0.1) is 17.2 Å². The summed E-state index contributed by atoms with van der Waals surface area (Å²) in [7, 11) is 0. The molecule has 0 spiro atoms. The molecule has 6 nitrogen and oxygen atoms in total. The number of para-hydroxylation sites is 2. The molecule has 0 aliphatic carbocycles. The molecule has 0 saturated heterocycles. The van der Waals surface area contributed by atoms with Crippen LogP contribution in [0.3, 0.4) is 0 Å². The molecule has 26 heavy (non-hydrogen) atoms. The van der Waals surface area contributed by atoms with Crippen LogP contribution in [0, 0.1) is 0 Å². The molecule has 2 aromatic heterocycles. The number of hydrogen-bond donors (Lipinski definition) is 1. The first-order chi connectivity index (χ1) is 12.8. The van der Waals surface area contributed by atoms with Gasteiger partial charge in [-0.1, -0.05) is 42.5 Å². The lowest BCUT2D eigenvalue weighted by atomic mass is 10.2. The van der Waals surface area contributed by atoms with Gasteiger partial charge in [-0.15, -0.1) is 0 Å². The van der Waals surface area contributed by atoms with Gasteiger partial charge < -0.3 is 9.88 Å². The molecule has 6 heteroatoms. The molecule has 0 radical (unpaired) electrons. The van der Waals surface area contributed by atoms with E-state index < -0.39 is 0 Å². The number of nitrogens with zero attached hydrogens (tertiary/aromatic N) is 4. The highest BCUT2D eigenvalue weighted by Gasteiger charge is 2.13. The Morgan fingerprint density at radius 3 is 2.62 bits per heavy atom. The Morgan fingerprint density at radius 1 is 1.00 bits per heavy atom. The van der Waals surface area contributed by atoms with Crippen LogP contribution in [0.15, 0.2) is 73.2 Å². The lowest BCUT2D eigenvalue weighted by Gasteiger charge is -2.10. The predicted octanol–water partition coefficient (Wildman–Crippen LogP) is 2.92. The van der Waals surface area contributed by atoms with Gasteiger partial charge >= 0.3 is 0 Å². The van der Waals surface area contributed by atoms with Gasteiger partial charge in [-0.25, -0.2) is 9.97 Å². The SMILES string of the molecule is O=C(NCCn1c(-c2ccccc2)nc2ccccc21)c1cnccn1. The van der Waals surface area contributed by atoms with E-state index >= 15 is 0 Å². The van der Waals surface area contributed by atoms with Crippen LogP contribution in [0.2, 0.25) is 0 Å². The van der Waals surface area contributed by atoms with Gasteiger partial charge in [0.1, 0.15) is 11.5 Å². The van der Waals surface area contributed by atoms with Crippen molar-refractivity contribution in [2.45, 2.75) is 6.54 Å². The Kier molecular flexibility index (Phi) is 4.38. The highest BCUT2D eigenvalue weighted by atomic mass is 16.1. The van der Waals surface area contributed by atoms with Crippen LogP contribution in [-0.4, -0.2) is 32.0 Å². The van der Waals surface area contributed by atoms with Crippen LogP contribution in [-0.2, 0) is 6.54 Å². The Bertz CT molecular complexity index is 1030. The Hall–Kier alpha value is -3.54. The van der Waals surface area contributed by atoms with Gasteiger partial charge in [0, 0.05) is 31.0 Å². The summed E-state index contributed by atoms with van der Waals surface area (Å²) in [6, 6.07) is 18.1. The zero-order valence-corrected chi connectivity index (χ0v) is 14.0. The molecule has 0 fully saturated rings. The summed E-state index contributed by atoms with van der Waals surface area (Å²) in [4.78, 5) is 24.9. The molecule has 0 saturated carbocycles. The fourth-order valence-electron chi connectivity index (χ4n) is 2.90. The standard InChI is InChI=1S/C20H17N5O/c26-20(17-14-21-10-11-22-17)23-12-13-25-18-9-5-4-8-16(18)24-19(25)15-6-2-1-3-7-15/h1-11,14H,12-13H2,(H,23,26). The number of hydrogen-bond acceptors (Lipinski definition) is 4. The minimum Gasteiger partial charge on any atom is -0.349 e. The smallest absolute Gasteiger partial charge is 0.271 e. The predicted molar refractivity (Wildman–Crippen MR) is 99.5 cm³/mol. The molecule has 0 aliphatic rings. The highest BCUT2D eigenvalue weighted by molar-refractivity contribution is 5.91. The largest absolute Gasteiger partial charge is 0.349 e. The number of amides is 1. The molecule has 1 amide bonds. The van der Waals surface area contributed by atoms with Gasteiger partial charge in [-0.05, 0) is 12.1 Å². The van der Waals surface area contributed by atoms with Crippen LogP contribution in [0.25, 0.3) is 22.4 Å². The maximum Gasteiger partial charge on any atom is 0.271 e. The Labute approximate surface area is 150 Å². The van der Waals surface area contributed by atoms with Crippen LogP contribution in [0.1, 0.15) is 10.5 Å². The third-order valence-corrected chi connectivity index (χ3v) is 4.10. The average Bonchev–Trinajstić information content (AvgIpc) is 3.08. The monoisotopic (exact) mass is 343 g/mol. The number of carbonyl (C=O) groups excluding carboxylic acids is 1. The van der Waals surface area contributed by atoms with Crippen molar-refractivity contribution in [2.75, 3.05) is 6.54 Å². The molecule has 0 unspecified atom stereocenters. The van der Waals surface area contributed by atoms with E-state index in [-0.39, 0.29) is 5.91 Å². The summed E-state index contributed by atoms with van der Waals surface area (Å²) in [5, 5.41) is 2.89. The highest BCUT2D eigenvalue weighted by Crippen LogP contribution is 2.24. The van der Waals surface area contributed by atoms with E-state index in [2.05, 4.69) is 19.9 Å². The summed E-state index contributed by atoms with van der Waals surface area (Å²) in [5.74, 6) is 0.657. The molecule has 0 bridgehead atoms. The second kappa shape index (κ2) is 7.14. The normalized spacial score (nSPS) is 10.8. The molecular formula is C20H17N5O. The molecule has 0 atom stereocenters. The third kappa shape index (κ3) is 3.17. The van der Waals surface area contributed by atoms with Gasteiger partial charge in [-0.3, -0.25) is 9.78 Å². The van der Waals surface area contributed by atoms with Crippen molar-refractivity contribution < 1.29 is 4.79 Å². The van der Waals surface area contributed by atoms with Crippen molar-refractivity contribution in [3.05, 3.63) is 78.9 Å². The van der Waals surface area contributed by atoms with Crippen molar-refractivity contribution in [1.82, 2.24) is 24.8 Å². The Morgan fingerprint density at radius 2 is 1.81 bits per heavy atom.